The van der Waals surface area contributed by atoms with Crippen LogP contribution >= 0.6 is 0 Å². The molecule has 0 aliphatic heterocycles. The summed E-state index contributed by atoms with van der Waals surface area (Å²) < 4.78 is 0. The largest absolute Gasteiger partial charge is 0.481 e. The fraction of sp³-hybridized carbons (Fsp3) is 0.643. The Hall–Kier alpha value is -2.69. The maximum Gasteiger partial charge on any atom is 0.322 e. The van der Waals surface area contributed by atoms with Crippen LogP contribution in [0, 0.1) is 5.92 Å². The van der Waals surface area contributed by atoms with Gasteiger partial charge in [-0.1, -0.05) is 13.8 Å². The number of hydrogen-bond acceptors (Lipinski definition) is 6. The van der Waals surface area contributed by atoms with Crippen LogP contribution in [0.15, 0.2) is 0 Å². The minimum Gasteiger partial charge on any atom is -0.481 e. The van der Waals surface area contributed by atoms with E-state index in [-0.39, 0.29) is 18.8 Å². The monoisotopic (exact) mass is 360 g/mol. The Morgan fingerprint density at radius 3 is 2.00 bits per heavy atom. The molecule has 0 aromatic carbocycles. The van der Waals surface area contributed by atoms with Gasteiger partial charge in [-0.25, -0.2) is 0 Å². The number of carboxylic acid groups (broad SMARTS) is 2. The summed E-state index contributed by atoms with van der Waals surface area (Å²) in [6, 6.07) is -2.06. The molecule has 0 radical (unpaired) electrons. The molecule has 7 N–H and O–H groups in total. The van der Waals surface area contributed by atoms with Crippen molar-refractivity contribution in [2.45, 2.75) is 38.8 Å². The van der Waals surface area contributed by atoms with Crippen molar-refractivity contribution >= 4 is 29.7 Å². The molecule has 25 heavy (non-hydrogen) atoms. The van der Waals surface area contributed by atoms with Gasteiger partial charge in [-0.05, 0) is 12.3 Å². The fourth-order valence-electron chi connectivity index (χ4n) is 1.72. The molecule has 2 unspecified atom stereocenters. The summed E-state index contributed by atoms with van der Waals surface area (Å²) in [6.45, 7) is 2.31. The molecule has 3 amide bonds. The molecule has 0 saturated carbocycles. The number of carbonyl (C=O) groups is 5. The number of carboxylic acids is 2. The van der Waals surface area contributed by atoms with Crippen molar-refractivity contribution in [3.8, 4) is 0 Å². The van der Waals surface area contributed by atoms with Crippen LogP contribution < -0.4 is 21.7 Å². The van der Waals surface area contributed by atoms with E-state index >= 15 is 0 Å². The molecular weight excluding hydrogens is 336 g/mol. The van der Waals surface area contributed by atoms with Crippen molar-refractivity contribution in [3.63, 3.8) is 0 Å². The predicted molar refractivity (Wildman–Crippen MR) is 85.3 cm³/mol. The second-order valence-electron chi connectivity index (χ2n) is 5.66. The highest BCUT2D eigenvalue weighted by atomic mass is 16.4. The third-order valence-electron chi connectivity index (χ3n) is 3.11. The Labute approximate surface area is 144 Å². The minimum absolute atomic E-state index is 0.0782. The number of amides is 3. The molecule has 0 aliphatic carbocycles. The first-order valence-corrected chi connectivity index (χ1v) is 7.58. The van der Waals surface area contributed by atoms with Gasteiger partial charge in [-0.15, -0.1) is 0 Å². The van der Waals surface area contributed by atoms with Gasteiger partial charge in [-0.2, -0.15) is 0 Å². The van der Waals surface area contributed by atoms with Crippen molar-refractivity contribution in [1.82, 2.24) is 16.0 Å². The fourth-order valence-corrected chi connectivity index (χ4v) is 1.72. The van der Waals surface area contributed by atoms with Crippen LogP contribution in [0.3, 0.4) is 0 Å². The Kier molecular flexibility index (Phi) is 9.79. The highest BCUT2D eigenvalue weighted by Gasteiger charge is 2.26. The average molecular weight is 360 g/mol. The molecule has 0 aromatic heterocycles. The lowest BCUT2D eigenvalue weighted by atomic mass is 10.0. The van der Waals surface area contributed by atoms with Gasteiger partial charge >= 0.3 is 11.9 Å². The van der Waals surface area contributed by atoms with Crippen molar-refractivity contribution in [2.75, 3.05) is 13.1 Å². The number of hydrogen-bond donors (Lipinski definition) is 6. The maximum absolute atomic E-state index is 12.1. The normalized spacial score (nSPS) is 12.8. The van der Waals surface area contributed by atoms with Crippen molar-refractivity contribution < 1.29 is 34.2 Å². The number of nitrogens with two attached hydrogens (primary N) is 1. The lowest BCUT2D eigenvalue weighted by Crippen LogP contribution is -2.54. The summed E-state index contributed by atoms with van der Waals surface area (Å²) in [7, 11) is 0. The minimum atomic E-state index is -1.22. The first kappa shape index (κ1) is 22.3. The van der Waals surface area contributed by atoms with Crippen LogP contribution in [0.5, 0.6) is 0 Å². The molecule has 0 bridgehead atoms. The van der Waals surface area contributed by atoms with Crippen LogP contribution in [-0.4, -0.2) is 65.0 Å². The van der Waals surface area contributed by atoms with E-state index in [0.29, 0.717) is 0 Å². The van der Waals surface area contributed by atoms with Gasteiger partial charge in [0.25, 0.3) is 0 Å². The summed E-state index contributed by atoms with van der Waals surface area (Å²) in [5.41, 5.74) is 5.58. The molecule has 2 atom stereocenters. The number of nitrogens with one attached hydrogen (secondary N) is 3. The van der Waals surface area contributed by atoms with Gasteiger partial charge in [0.1, 0.15) is 12.6 Å². The lowest BCUT2D eigenvalue weighted by molar-refractivity contribution is -0.138. The van der Waals surface area contributed by atoms with E-state index in [1.165, 1.54) is 0 Å². The number of carbonyl (C=O) groups excluding carboxylic acids is 3. The van der Waals surface area contributed by atoms with E-state index < -0.39 is 54.8 Å². The molecule has 0 spiro atoms. The van der Waals surface area contributed by atoms with E-state index in [1.54, 1.807) is 13.8 Å². The summed E-state index contributed by atoms with van der Waals surface area (Å²) >= 11 is 0. The zero-order valence-corrected chi connectivity index (χ0v) is 14.1. The molecule has 11 nitrogen and oxygen atoms in total. The van der Waals surface area contributed by atoms with E-state index in [2.05, 4.69) is 16.0 Å². The van der Waals surface area contributed by atoms with Crippen LogP contribution in [0.4, 0.5) is 0 Å². The Morgan fingerprint density at radius 2 is 1.52 bits per heavy atom. The van der Waals surface area contributed by atoms with Crippen LogP contribution in [-0.2, 0) is 24.0 Å². The second-order valence-corrected chi connectivity index (χ2v) is 5.66. The quantitative estimate of drug-likeness (QED) is 0.236. The summed E-state index contributed by atoms with van der Waals surface area (Å²) in [5, 5.41) is 23.8. The molecule has 142 valence electrons. The molecule has 0 saturated heterocycles. The van der Waals surface area contributed by atoms with Gasteiger partial charge < -0.3 is 31.9 Å². The Morgan fingerprint density at radius 1 is 0.920 bits per heavy atom. The highest BCUT2D eigenvalue weighted by Crippen LogP contribution is 2.03. The highest BCUT2D eigenvalue weighted by molar-refractivity contribution is 5.92. The van der Waals surface area contributed by atoms with Crippen LogP contribution in [0.1, 0.15) is 26.7 Å². The first-order chi connectivity index (χ1) is 11.5. The van der Waals surface area contributed by atoms with E-state index in [4.69, 9.17) is 15.9 Å². The van der Waals surface area contributed by atoms with Gasteiger partial charge in [0.15, 0.2) is 0 Å². The topological polar surface area (TPSA) is 188 Å². The summed E-state index contributed by atoms with van der Waals surface area (Å²) in [5.74, 6) is -4.64. The van der Waals surface area contributed by atoms with Crippen molar-refractivity contribution in [1.29, 1.82) is 0 Å². The molecular formula is C14H24N4O7. The molecule has 0 aromatic rings. The lowest BCUT2D eigenvalue weighted by Gasteiger charge is -2.23. The zero-order valence-electron chi connectivity index (χ0n) is 14.1. The van der Waals surface area contributed by atoms with Crippen molar-refractivity contribution in [3.05, 3.63) is 0 Å². The van der Waals surface area contributed by atoms with Gasteiger partial charge in [0.05, 0.1) is 12.6 Å². The SMILES string of the molecule is CC(C)C(NC(=O)C(N)CCC(=O)O)C(=O)NCC(=O)NCC(=O)O. The standard InChI is InChI=1S/C14H24N4O7/c1-7(2)12(18-13(24)8(15)3-4-10(20)21)14(25)17-5-9(19)16-6-11(22)23/h7-8,12H,3-6,15H2,1-2H3,(H,16,19)(H,17,25)(H,18,24)(H,20,21)(H,22,23). The zero-order chi connectivity index (χ0) is 19.6. The smallest absolute Gasteiger partial charge is 0.322 e. The molecule has 11 heteroatoms. The Bertz CT molecular complexity index is 521. The Balaban J connectivity index is 4.54. The molecule has 0 fully saturated rings. The third-order valence-corrected chi connectivity index (χ3v) is 3.11. The van der Waals surface area contributed by atoms with Crippen molar-refractivity contribution in [2.24, 2.45) is 11.7 Å². The maximum atomic E-state index is 12.1. The number of rotatable bonds is 11. The molecule has 0 rings (SSSR count). The van der Waals surface area contributed by atoms with Crippen LogP contribution in [0.2, 0.25) is 0 Å². The number of aliphatic carboxylic acids is 2. The van der Waals surface area contributed by atoms with Gasteiger partial charge in [0.2, 0.25) is 17.7 Å². The average Bonchev–Trinajstić information content (AvgIpc) is 2.52. The third kappa shape index (κ3) is 9.91. The molecule has 0 aliphatic rings. The van der Waals surface area contributed by atoms with E-state index in [1.807, 2.05) is 0 Å². The van der Waals surface area contributed by atoms with Gasteiger partial charge in [0, 0.05) is 6.42 Å². The predicted octanol–water partition coefficient (Wildman–Crippen LogP) is -2.36. The second kappa shape index (κ2) is 11.0. The van der Waals surface area contributed by atoms with E-state index in [9.17, 15) is 24.0 Å². The van der Waals surface area contributed by atoms with Crippen LogP contribution in [0.25, 0.3) is 0 Å². The first-order valence-electron chi connectivity index (χ1n) is 7.58. The molecule has 0 heterocycles. The summed E-state index contributed by atoms with van der Waals surface area (Å²) in [6.07, 6.45) is -0.359. The van der Waals surface area contributed by atoms with E-state index in [0.717, 1.165) is 0 Å². The van der Waals surface area contributed by atoms with Gasteiger partial charge in [-0.3, -0.25) is 24.0 Å². The summed E-state index contributed by atoms with van der Waals surface area (Å²) in [4.78, 5) is 56.2.